The number of hydrogen-bond donors (Lipinski definition) is 2. The van der Waals surface area contributed by atoms with E-state index >= 15 is 0 Å². The summed E-state index contributed by atoms with van der Waals surface area (Å²) in [5.74, 6) is 0.307. The molecule has 0 unspecified atom stereocenters. The van der Waals surface area contributed by atoms with Crippen molar-refractivity contribution in [3.8, 4) is 0 Å². The fourth-order valence-corrected chi connectivity index (χ4v) is 1.31. The van der Waals surface area contributed by atoms with Gasteiger partial charge in [-0.05, 0) is 18.6 Å². The Morgan fingerprint density at radius 2 is 2.05 bits per heavy atom. The fraction of sp³-hybridized carbons (Fsp3) is 0.462. The van der Waals surface area contributed by atoms with Gasteiger partial charge in [-0.3, -0.25) is 15.1 Å². The van der Waals surface area contributed by atoms with E-state index in [-0.39, 0.29) is 11.4 Å². The molecule has 0 fully saturated rings. The van der Waals surface area contributed by atoms with Crippen LogP contribution in [0, 0.1) is 10.1 Å². The van der Waals surface area contributed by atoms with E-state index in [2.05, 4.69) is 11.9 Å². The Morgan fingerprint density at radius 1 is 1.42 bits per heavy atom. The number of unbranched alkanes of at least 4 members (excludes halogenated alkanes) is 1. The van der Waals surface area contributed by atoms with Crippen LogP contribution in [0.5, 0.6) is 0 Å². The normalized spacial score (nSPS) is 10.6. The Bertz CT molecular complexity index is 444. The maximum atomic E-state index is 10.7. The van der Waals surface area contributed by atoms with E-state index in [0.717, 1.165) is 12.8 Å². The van der Waals surface area contributed by atoms with Gasteiger partial charge < -0.3 is 11.5 Å². The average molecular weight is 266 g/mol. The molecule has 0 atom stereocenters. The molecule has 0 aromatic heterocycles. The molecule has 0 amide bonds. The predicted molar refractivity (Wildman–Crippen MR) is 79.4 cm³/mol. The number of amidine groups is 1. The molecular formula is C13H22N4O2. The Hall–Kier alpha value is -2.11. The number of hydrogen-bond acceptors (Lipinski definition) is 4. The van der Waals surface area contributed by atoms with Crippen LogP contribution >= 0.6 is 0 Å². The molecule has 106 valence electrons. The third kappa shape index (κ3) is 5.37. The molecule has 0 heterocycles. The highest BCUT2D eigenvalue weighted by Crippen LogP contribution is 2.22. The van der Waals surface area contributed by atoms with Crippen molar-refractivity contribution in [2.75, 3.05) is 12.3 Å². The van der Waals surface area contributed by atoms with E-state index in [4.69, 9.17) is 11.5 Å². The quantitative estimate of drug-likeness (QED) is 0.213. The van der Waals surface area contributed by atoms with Crippen LogP contribution in [0.2, 0.25) is 0 Å². The third-order valence-corrected chi connectivity index (χ3v) is 2.32. The second-order valence-electron chi connectivity index (χ2n) is 3.65. The van der Waals surface area contributed by atoms with Gasteiger partial charge in [0.05, 0.1) is 4.92 Å². The lowest BCUT2D eigenvalue weighted by molar-refractivity contribution is -0.383. The summed E-state index contributed by atoms with van der Waals surface area (Å²) in [5.41, 5.74) is 11.7. The minimum atomic E-state index is -0.530. The molecule has 0 spiro atoms. The van der Waals surface area contributed by atoms with Crippen molar-refractivity contribution >= 4 is 17.2 Å². The molecule has 4 N–H and O–H groups in total. The minimum Gasteiger partial charge on any atom is -0.393 e. The third-order valence-electron chi connectivity index (χ3n) is 2.32. The van der Waals surface area contributed by atoms with Gasteiger partial charge in [-0.2, -0.15) is 0 Å². The summed E-state index contributed by atoms with van der Waals surface area (Å²) < 4.78 is 0. The van der Waals surface area contributed by atoms with E-state index in [1.165, 1.54) is 12.1 Å². The van der Waals surface area contributed by atoms with Crippen molar-refractivity contribution < 1.29 is 4.92 Å². The monoisotopic (exact) mass is 266 g/mol. The second-order valence-corrected chi connectivity index (χ2v) is 3.65. The molecule has 0 aliphatic heterocycles. The second kappa shape index (κ2) is 8.91. The number of nitro benzene ring substituents is 1. The SMILES string of the molecule is CC.CCCCN=C(N)c1ccc(N)c([N+](=O)[O-])c1. The summed E-state index contributed by atoms with van der Waals surface area (Å²) in [6.45, 7) is 6.68. The Morgan fingerprint density at radius 3 is 2.58 bits per heavy atom. The number of benzene rings is 1. The summed E-state index contributed by atoms with van der Waals surface area (Å²) in [6, 6.07) is 4.45. The van der Waals surface area contributed by atoms with Crippen molar-refractivity contribution in [1.82, 2.24) is 0 Å². The molecule has 1 rings (SSSR count). The van der Waals surface area contributed by atoms with Gasteiger partial charge in [0.1, 0.15) is 11.5 Å². The Balaban J connectivity index is 0.00000154. The van der Waals surface area contributed by atoms with Crippen LogP contribution in [0.15, 0.2) is 23.2 Å². The van der Waals surface area contributed by atoms with Crippen LogP contribution in [-0.2, 0) is 0 Å². The molecule has 0 saturated heterocycles. The van der Waals surface area contributed by atoms with Crippen LogP contribution < -0.4 is 11.5 Å². The van der Waals surface area contributed by atoms with Crippen LogP contribution in [0.4, 0.5) is 11.4 Å². The smallest absolute Gasteiger partial charge is 0.292 e. The Kier molecular flexibility index (Phi) is 7.92. The lowest BCUT2D eigenvalue weighted by atomic mass is 10.1. The van der Waals surface area contributed by atoms with Gasteiger partial charge >= 0.3 is 0 Å². The standard InChI is InChI=1S/C11H16N4O2.C2H6/c1-2-3-6-14-11(13)8-4-5-9(12)10(7-8)15(16)17;1-2/h4-5,7H,2-3,6,12H2,1H3,(H2,13,14);1-2H3. The van der Waals surface area contributed by atoms with Crippen LogP contribution in [0.25, 0.3) is 0 Å². The summed E-state index contributed by atoms with van der Waals surface area (Å²) >= 11 is 0. The number of rotatable bonds is 5. The number of aliphatic imine (C=N–C) groups is 1. The van der Waals surface area contributed by atoms with Gasteiger partial charge in [0.15, 0.2) is 0 Å². The van der Waals surface area contributed by atoms with E-state index in [9.17, 15) is 10.1 Å². The predicted octanol–water partition coefficient (Wildman–Crippen LogP) is 2.71. The number of nitrogen functional groups attached to an aromatic ring is 1. The van der Waals surface area contributed by atoms with Crippen molar-refractivity contribution in [2.45, 2.75) is 33.6 Å². The van der Waals surface area contributed by atoms with Gasteiger partial charge in [0.2, 0.25) is 0 Å². The molecule has 1 aromatic rings. The summed E-state index contributed by atoms with van der Waals surface area (Å²) in [4.78, 5) is 14.3. The molecular weight excluding hydrogens is 244 g/mol. The van der Waals surface area contributed by atoms with Gasteiger partial charge in [0.25, 0.3) is 5.69 Å². The summed E-state index contributed by atoms with van der Waals surface area (Å²) in [7, 11) is 0. The van der Waals surface area contributed by atoms with E-state index in [1.54, 1.807) is 6.07 Å². The zero-order valence-corrected chi connectivity index (χ0v) is 11.7. The summed E-state index contributed by atoms with van der Waals surface area (Å²) in [6.07, 6.45) is 1.97. The van der Waals surface area contributed by atoms with Gasteiger partial charge in [-0.25, -0.2) is 0 Å². The lowest BCUT2D eigenvalue weighted by Gasteiger charge is -2.03. The molecule has 0 saturated carbocycles. The zero-order chi connectivity index (χ0) is 14.8. The molecule has 19 heavy (non-hydrogen) atoms. The maximum absolute atomic E-state index is 10.7. The molecule has 0 aliphatic carbocycles. The zero-order valence-electron chi connectivity index (χ0n) is 11.7. The fourth-order valence-electron chi connectivity index (χ4n) is 1.31. The molecule has 0 aliphatic rings. The topological polar surface area (TPSA) is 108 Å². The van der Waals surface area contributed by atoms with E-state index < -0.39 is 4.92 Å². The number of nitro groups is 1. The van der Waals surface area contributed by atoms with Crippen molar-refractivity contribution in [3.05, 3.63) is 33.9 Å². The van der Waals surface area contributed by atoms with Crippen LogP contribution in [0.1, 0.15) is 39.2 Å². The van der Waals surface area contributed by atoms with Gasteiger partial charge in [-0.15, -0.1) is 0 Å². The first-order valence-electron chi connectivity index (χ1n) is 6.40. The van der Waals surface area contributed by atoms with Crippen molar-refractivity contribution in [1.29, 1.82) is 0 Å². The number of anilines is 1. The number of nitrogens with zero attached hydrogens (tertiary/aromatic N) is 2. The highest BCUT2D eigenvalue weighted by Gasteiger charge is 2.13. The summed E-state index contributed by atoms with van der Waals surface area (Å²) in [5, 5.41) is 10.7. The van der Waals surface area contributed by atoms with Gasteiger partial charge in [0, 0.05) is 18.2 Å². The molecule has 6 heteroatoms. The highest BCUT2D eigenvalue weighted by atomic mass is 16.6. The van der Waals surface area contributed by atoms with Crippen LogP contribution in [-0.4, -0.2) is 17.3 Å². The Labute approximate surface area is 113 Å². The van der Waals surface area contributed by atoms with E-state index in [1.807, 2.05) is 13.8 Å². The minimum absolute atomic E-state index is 0.125. The number of nitrogens with two attached hydrogens (primary N) is 2. The van der Waals surface area contributed by atoms with Crippen LogP contribution in [0.3, 0.4) is 0 Å². The maximum Gasteiger partial charge on any atom is 0.292 e. The molecule has 6 nitrogen and oxygen atoms in total. The lowest BCUT2D eigenvalue weighted by Crippen LogP contribution is -2.14. The average Bonchev–Trinajstić information content (AvgIpc) is 2.41. The molecule has 0 bridgehead atoms. The largest absolute Gasteiger partial charge is 0.393 e. The van der Waals surface area contributed by atoms with Gasteiger partial charge in [-0.1, -0.05) is 27.2 Å². The first-order chi connectivity index (χ1) is 9.06. The molecule has 0 radical (unpaired) electrons. The first-order valence-corrected chi connectivity index (χ1v) is 6.40. The van der Waals surface area contributed by atoms with Crippen molar-refractivity contribution in [2.24, 2.45) is 10.7 Å². The molecule has 1 aromatic carbocycles. The van der Waals surface area contributed by atoms with Crippen molar-refractivity contribution in [3.63, 3.8) is 0 Å². The first kappa shape index (κ1) is 16.9. The highest BCUT2D eigenvalue weighted by molar-refractivity contribution is 5.98. The van der Waals surface area contributed by atoms with E-state index in [0.29, 0.717) is 17.9 Å².